The molecule has 0 aromatic heterocycles. The predicted molar refractivity (Wildman–Crippen MR) is 77.7 cm³/mol. The maximum absolute atomic E-state index is 3.69. The van der Waals surface area contributed by atoms with Gasteiger partial charge in [0, 0.05) is 24.6 Å². The molecule has 3 heteroatoms. The van der Waals surface area contributed by atoms with Crippen LogP contribution in [0, 0.1) is 6.92 Å². The first kappa shape index (κ1) is 15.6. The lowest BCUT2D eigenvalue weighted by molar-refractivity contribution is 0.732. The van der Waals surface area contributed by atoms with Crippen LogP contribution in [-0.4, -0.2) is 18.1 Å². The lowest BCUT2D eigenvalue weighted by Gasteiger charge is -2.04. The van der Waals surface area contributed by atoms with Gasteiger partial charge >= 0.3 is 0 Å². The fourth-order valence-corrected chi connectivity index (χ4v) is 1.87. The monoisotopic (exact) mass is 257 g/mol. The van der Waals surface area contributed by atoms with Crippen molar-refractivity contribution in [3.8, 4) is 0 Å². The van der Waals surface area contributed by atoms with E-state index in [0.29, 0.717) is 0 Å². The summed E-state index contributed by atoms with van der Waals surface area (Å²) >= 11 is 1.91. The third kappa shape index (κ3) is 6.94. The molecule has 0 saturated heterocycles. The Balaban J connectivity index is 0.00000225. The van der Waals surface area contributed by atoms with Crippen LogP contribution in [0.2, 0.25) is 0 Å². The molecular weight excluding hydrogens is 238 g/mol. The first-order chi connectivity index (χ1) is 7.33. The van der Waals surface area contributed by atoms with Gasteiger partial charge < -0.3 is 5.32 Å². The normalized spacial score (nSPS) is 9.56. The highest BCUT2D eigenvalue weighted by Gasteiger charge is 1.91. The van der Waals surface area contributed by atoms with Crippen molar-refractivity contribution >= 4 is 24.2 Å². The molecule has 1 aromatic rings. The Morgan fingerprint density at radius 2 is 2.00 bits per heavy atom. The van der Waals surface area contributed by atoms with E-state index in [2.05, 4.69) is 43.1 Å². The van der Waals surface area contributed by atoms with E-state index in [1.807, 2.05) is 17.8 Å². The molecule has 0 atom stereocenters. The third-order valence-corrected chi connectivity index (χ3v) is 3.07. The fraction of sp³-hybridized carbons (Fsp3) is 0.385. The van der Waals surface area contributed by atoms with Crippen molar-refractivity contribution in [3.05, 3.63) is 48.0 Å². The van der Waals surface area contributed by atoms with Crippen molar-refractivity contribution in [1.82, 2.24) is 5.32 Å². The van der Waals surface area contributed by atoms with Crippen LogP contribution in [0.1, 0.15) is 11.1 Å². The minimum absolute atomic E-state index is 0. The van der Waals surface area contributed by atoms with Gasteiger partial charge in [0.25, 0.3) is 0 Å². The number of thioether (sulfide) groups is 1. The van der Waals surface area contributed by atoms with Gasteiger partial charge in [-0.2, -0.15) is 11.8 Å². The van der Waals surface area contributed by atoms with Crippen LogP contribution < -0.4 is 5.32 Å². The third-order valence-electron chi connectivity index (χ3n) is 2.11. The lowest BCUT2D eigenvalue weighted by Crippen LogP contribution is -2.16. The van der Waals surface area contributed by atoms with Crippen LogP contribution in [0.3, 0.4) is 0 Å². The van der Waals surface area contributed by atoms with Gasteiger partial charge in [-0.25, -0.2) is 0 Å². The second-order valence-corrected chi connectivity index (χ2v) is 4.68. The van der Waals surface area contributed by atoms with Gasteiger partial charge in [0.1, 0.15) is 0 Å². The van der Waals surface area contributed by atoms with Crippen LogP contribution in [0.5, 0.6) is 0 Å². The van der Waals surface area contributed by atoms with Crippen molar-refractivity contribution < 1.29 is 0 Å². The number of hydrogen-bond acceptors (Lipinski definition) is 2. The van der Waals surface area contributed by atoms with E-state index in [1.165, 1.54) is 11.1 Å². The van der Waals surface area contributed by atoms with E-state index < -0.39 is 0 Å². The number of nitrogens with one attached hydrogen (secondary N) is 1. The van der Waals surface area contributed by atoms with Crippen molar-refractivity contribution in [2.24, 2.45) is 0 Å². The maximum atomic E-state index is 3.69. The number of hydrogen-bond donors (Lipinski definition) is 1. The standard InChI is InChI=1S/C13H19NS.ClH/c1-3-9-15-10-8-14-11-13-6-4-12(2)5-7-13;/h3-7,14H,1,8-11H2,2H3;1H. The van der Waals surface area contributed by atoms with E-state index >= 15 is 0 Å². The number of halogens is 1. The maximum Gasteiger partial charge on any atom is 0.0205 e. The summed E-state index contributed by atoms with van der Waals surface area (Å²) in [5.41, 5.74) is 2.68. The van der Waals surface area contributed by atoms with Crippen LogP contribution in [-0.2, 0) is 6.54 Å². The highest BCUT2D eigenvalue weighted by Crippen LogP contribution is 2.02. The lowest BCUT2D eigenvalue weighted by atomic mass is 10.1. The van der Waals surface area contributed by atoms with Crippen LogP contribution in [0.4, 0.5) is 0 Å². The smallest absolute Gasteiger partial charge is 0.0205 e. The Hall–Kier alpha value is -0.440. The van der Waals surface area contributed by atoms with Crippen molar-refractivity contribution in [2.45, 2.75) is 13.5 Å². The summed E-state index contributed by atoms with van der Waals surface area (Å²) in [5, 5.41) is 3.42. The highest BCUT2D eigenvalue weighted by molar-refractivity contribution is 7.99. The quantitative estimate of drug-likeness (QED) is 0.593. The summed E-state index contributed by atoms with van der Waals surface area (Å²) in [5.74, 6) is 2.20. The zero-order valence-electron chi connectivity index (χ0n) is 9.74. The van der Waals surface area contributed by atoms with E-state index in [4.69, 9.17) is 0 Å². The Labute approximate surface area is 109 Å². The van der Waals surface area contributed by atoms with Crippen LogP contribution in [0.25, 0.3) is 0 Å². The summed E-state index contributed by atoms with van der Waals surface area (Å²) in [4.78, 5) is 0. The number of aryl methyl sites for hydroxylation is 1. The van der Waals surface area contributed by atoms with Gasteiger partial charge in [-0.05, 0) is 12.5 Å². The Kier molecular flexibility index (Phi) is 9.49. The molecule has 0 bridgehead atoms. The van der Waals surface area contributed by atoms with Crippen LogP contribution in [0.15, 0.2) is 36.9 Å². The average molecular weight is 258 g/mol. The summed E-state index contributed by atoms with van der Waals surface area (Å²) in [6.45, 7) is 7.84. The first-order valence-corrected chi connectivity index (χ1v) is 6.43. The van der Waals surface area contributed by atoms with E-state index in [-0.39, 0.29) is 12.4 Å². The highest BCUT2D eigenvalue weighted by atomic mass is 35.5. The number of benzene rings is 1. The zero-order chi connectivity index (χ0) is 10.9. The van der Waals surface area contributed by atoms with Crippen molar-refractivity contribution in [1.29, 1.82) is 0 Å². The second-order valence-electron chi connectivity index (χ2n) is 3.53. The van der Waals surface area contributed by atoms with Gasteiger partial charge in [-0.1, -0.05) is 35.9 Å². The average Bonchev–Trinajstić information content (AvgIpc) is 2.26. The van der Waals surface area contributed by atoms with Crippen LogP contribution >= 0.6 is 24.2 Å². The summed E-state index contributed by atoms with van der Waals surface area (Å²) in [6, 6.07) is 8.67. The molecule has 1 N–H and O–H groups in total. The SMILES string of the molecule is C=CCSCCNCc1ccc(C)cc1.Cl. The van der Waals surface area contributed by atoms with Gasteiger partial charge in [0.2, 0.25) is 0 Å². The minimum Gasteiger partial charge on any atom is -0.312 e. The topological polar surface area (TPSA) is 12.0 Å². The van der Waals surface area contributed by atoms with Gasteiger partial charge in [0.05, 0.1) is 0 Å². The fourth-order valence-electron chi connectivity index (χ4n) is 1.25. The van der Waals surface area contributed by atoms with E-state index in [1.54, 1.807) is 0 Å². The molecule has 0 fully saturated rings. The molecule has 0 aliphatic heterocycles. The molecule has 1 aromatic carbocycles. The molecule has 1 nitrogen and oxygen atoms in total. The molecule has 16 heavy (non-hydrogen) atoms. The molecule has 0 aliphatic rings. The second kappa shape index (κ2) is 9.76. The van der Waals surface area contributed by atoms with E-state index in [0.717, 1.165) is 24.6 Å². The molecule has 0 saturated carbocycles. The molecule has 0 unspecified atom stereocenters. The summed E-state index contributed by atoms with van der Waals surface area (Å²) in [7, 11) is 0. The summed E-state index contributed by atoms with van der Waals surface area (Å²) in [6.07, 6.45) is 1.95. The molecule has 90 valence electrons. The largest absolute Gasteiger partial charge is 0.312 e. The Morgan fingerprint density at radius 3 is 2.62 bits per heavy atom. The van der Waals surface area contributed by atoms with E-state index in [9.17, 15) is 0 Å². The summed E-state index contributed by atoms with van der Waals surface area (Å²) < 4.78 is 0. The molecule has 0 heterocycles. The molecule has 0 aliphatic carbocycles. The molecular formula is C13H20ClNS. The van der Waals surface area contributed by atoms with Gasteiger partial charge in [0.15, 0.2) is 0 Å². The van der Waals surface area contributed by atoms with Crippen molar-refractivity contribution in [2.75, 3.05) is 18.1 Å². The van der Waals surface area contributed by atoms with Gasteiger partial charge in [-0.15, -0.1) is 19.0 Å². The first-order valence-electron chi connectivity index (χ1n) is 5.28. The predicted octanol–water partition coefficient (Wildman–Crippen LogP) is 3.43. The molecule has 0 amide bonds. The van der Waals surface area contributed by atoms with Crippen molar-refractivity contribution in [3.63, 3.8) is 0 Å². The molecule has 1 rings (SSSR count). The number of rotatable bonds is 7. The van der Waals surface area contributed by atoms with Gasteiger partial charge in [-0.3, -0.25) is 0 Å². The molecule has 0 radical (unpaired) electrons. The zero-order valence-corrected chi connectivity index (χ0v) is 11.4. The Morgan fingerprint density at radius 1 is 1.31 bits per heavy atom. The Bertz CT molecular complexity index is 284. The minimum atomic E-state index is 0. The molecule has 0 spiro atoms.